The molecule has 2 amide bonds. The van der Waals surface area contributed by atoms with Crippen LogP contribution in [0.15, 0.2) is 4.34 Å². The highest BCUT2D eigenvalue weighted by atomic mass is 32.2. The molecule has 1 aromatic rings. The summed E-state index contributed by atoms with van der Waals surface area (Å²) in [6.07, 6.45) is 5.81. The molecule has 1 heterocycles. The zero-order valence-electron chi connectivity index (χ0n) is 18.0. The van der Waals surface area contributed by atoms with E-state index >= 15 is 0 Å². The molecule has 1 fully saturated rings. The van der Waals surface area contributed by atoms with Gasteiger partial charge in [-0.15, -0.1) is 10.2 Å². The molecule has 29 heavy (non-hydrogen) atoms. The van der Waals surface area contributed by atoms with Gasteiger partial charge in [-0.1, -0.05) is 43.9 Å². The normalized spacial score (nSPS) is 19.2. The molecule has 2 rings (SSSR count). The first-order valence-electron chi connectivity index (χ1n) is 10.6. The summed E-state index contributed by atoms with van der Waals surface area (Å²) in [7, 11) is 0. The number of ether oxygens (including phenoxy) is 1. The fourth-order valence-corrected chi connectivity index (χ4v) is 5.07. The largest absolute Gasteiger partial charge is 0.466 e. The summed E-state index contributed by atoms with van der Waals surface area (Å²) in [6, 6.07) is 0.223. The molecule has 0 unspecified atom stereocenters. The van der Waals surface area contributed by atoms with E-state index in [2.05, 4.69) is 36.3 Å². The van der Waals surface area contributed by atoms with E-state index in [0.717, 1.165) is 36.1 Å². The predicted molar refractivity (Wildman–Crippen MR) is 118 cm³/mol. The first-order valence-corrected chi connectivity index (χ1v) is 12.4. The molecular weight excluding hydrogens is 408 g/mol. The van der Waals surface area contributed by atoms with Crippen molar-refractivity contribution in [1.82, 2.24) is 15.1 Å². The van der Waals surface area contributed by atoms with E-state index < -0.39 is 0 Å². The highest BCUT2D eigenvalue weighted by molar-refractivity contribution is 8.01. The molecule has 164 valence electrons. The number of urea groups is 1. The number of rotatable bonds is 10. The lowest BCUT2D eigenvalue weighted by molar-refractivity contribution is -0.142. The van der Waals surface area contributed by atoms with Gasteiger partial charge in [0.05, 0.1) is 13.0 Å². The fourth-order valence-electron chi connectivity index (χ4n) is 3.34. The minimum atomic E-state index is -0.208. The van der Waals surface area contributed by atoms with Crippen LogP contribution in [0.4, 0.5) is 9.93 Å². The monoisotopic (exact) mass is 442 g/mol. The third kappa shape index (κ3) is 8.50. The molecule has 1 N–H and O–H groups in total. The highest BCUT2D eigenvalue weighted by Crippen LogP contribution is 2.29. The molecule has 0 spiro atoms. The van der Waals surface area contributed by atoms with Crippen molar-refractivity contribution in [3.63, 3.8) is 0 Å². The Kier molecular flexibility index (Phi) is 10.2. The lowest BCUT2D eigenvalue weighted by Gasteiger charge is -2.36. The van der Waals surface area contributed by atoms with Crippen molar-refractivity contribution in [2.45, 2.75) is 76.6 Å². The second kappa shape index (κ2) is 12.4. The number of hydrogen-bond acceptors (Lipinski definition) is 7. The number of nitrogens with one attached hydrogen (secondary N) is 1. The van der Waals surface area contributed by atoms with Gasteiger partial charge in [0, 0.05) is 18.3 Å². The molecule has 1 saturated carbocycles. The van der Waals surface area contributed by atoms with Crippen LogP contribution in [0.3, 0.4) is 0 Å². The van der Waals surface area contributed by atoms with Crippen molar-refractivity contribution < 1.29 is 14.3 Å². The SMILES string of the molecule is CCOC(=O)CCSc1nnc(NC(=O)N(CCC(C)C)C2CCC(C)CC2)s1. The summed E-state index contributed by atoms with van der Waals surface area (Å²) in [5, 5.41) is 11.7. The van der Waals surface area contributed by atoms with Crippen LogP contribution in [0.1, 0.15) is 66.2 Å². The first kappa shape index (κ1) is 23.9. The number of aromatic nitrogens is 2. The lowest BCUT2D eigenvalue weighted by atomic mass is 9.86. The number of carbonyl (C=O) groups is 2. The summed E-state index contributed by atoms with van der Waals surface area (Å²) >= 11 is 2.80. The maximum atomic E-state index is 13.0. The van der Waals surface area contributed by atoms with Crippen molar-refractivity contribution in [1.29, 1.82) is 0 Å². The van der Waals surface area contributed by atoms with Gasteiger partial charge in [0.25, 0.3) is 0 Å². The van der Waals surface area contributed by atoms with Crippen LogP contribution >= 0.6 is 23.1 Å². The van der Waals surface area contributed by atoms with Crippen LogP contribution in [-0.2, 0) is 9.53 Å². The molecular formula is C20H34N4O3S2. The van der Waals surface area contributed by atoms with E-state index in [1.165, 1.54) is 35.9 Å². The number of anilines is 1. The Bertz CT molecular complexity index is 645. The van der Waals surface area contributed by atoms with Gasteiger partial charge in [0.1, 0.15) is 0 Å². The van der Waals surface area contributed by atoms with Gasteiger partial charge < -0.3 is 9.64 Å². The molecule has 0 aromatic carbocycles. The van der Waals surface area contributed by atoms with E-state index in [1.54, 1.807) is 6.92 Å². The maximum Gasteiger partial charge on any atom is 0.323 e. The number of esters is 1. The molecule has 0 aliphatic heterocycles. The summed E-state index contributed by atoms with van der Waals surface area (Å²) in [6.45, 7) is 9.61. The average Bonchev–Trinajstić information content (AvgIpc) is 3.10. The fraction of sp³-hybridized carbons (Fsp3) is 0.800. The van der Waals surface area contributed by atoms with Crippen LogP contribution in [0.5, 0.6) is 0 Å². The molecule has 9 heteroatoms. The van der Waals surface area contributed by atoms with Crippen molar-refractivity contribution in [3.8, 4) is 0 Å². The molecule has 1 aliphatic rings. The summed E-state index contributed by atoms with van der Waals surface area (Å²) in [5.74, 6) is 1.68. The van der Waals surface area contributed by atoms with Gasteiger partial charge >= 0.3 is 12.0 Å². The third-order valence-electron chi connectivity index (χ3n) is 5.09. The van der Waals surface area contributed by atoms with Gasteiger partial charge in [-0.25, -0.2) is 4.79 Å². The summed E-state index contributed by atoms with van der Waals surface area (Å²) < 4.78 is 5.66. The Morgan fingerprint density at radius 2 is 2.00 bits per heavy atom. The molecule has 1 aromatic heterocycles. The number of nitrogens with zero attached hydrogens (tertiary/aromatic N) is 3. The van der Waals surface area contributed by atoms with Crippen molar-refractivity contribution >= 4 is 40.2 Å². The van der Waals surface area contributed by atoms with Crippen LogP contribution in [0.25, 0.3) is 0 Å². The van der Waals surface area contributed by atoms with E-state index in [0.29, 0.717) is 35.9 Å². The number of hydrogen-bond donors (Lipinski definition) is 1. The topological polar surface area (TPSA) is 84.4 Å². The second-order valence-electron chi connectivity index (χ2n) is 8.00. The second-order valence-corrected chi connectivity index (χ2v) is 10.3. The molecule has 0 radical (unpaired) electrons. The average molecular weight is 443 g/mol. The maximum absolute atomic E-state index is 13.0. The quantitative estimate of drug-likeness (QED) is 0.310. The lowest BCUT2D eigenvalue weighted by Crippen LogP contribution is -2.45. The van der Waals surface area contributed by atoms with Crippen molar-refractivity contribution in [2.24, 2.45) is 11.8 Å². The molecule has 0 atom stereocenters. The Morgan fingerprint density at radius 1 is 1.28 bits per heavy atom. The molecule has 7 nitrogen and oxygen atoms in total. The van der Waals surface area contributed by atoms with E-state index in [-0.39, 0.29) is 12.0 Å². The Balaban J connectivity index is 1.89. The zero-order chi connectivity index (χ0) is 21.2. The van der Waals surface area contributed by atoms with Crippen LogP contribution in [0.2, 0.25) is 0 Å². The first-order chi connectivity index (χ1) is 13.9. The van der Waals surface area contributed by atoms with Gasteiger partial charge in [-0.2, -0.15) is 0 Å². The zero-order valence-corrected chi connectivity index (χ0v) is 19.6. The highest BCUT2D eigenvalue weighted by Gasteiger charge is 2.28. The van der Waals surface area contributed by atoms with Gasteiger partial charge in [0.15, 0.2) is 4.34 Å². The van der Waals surface area contributed by atoms with Crippen molar-refractivity contribution in [2.75, 3.05) is 24.2 Å². The molecule has 0 saturated heterocycles. The van der Waals surface area contributed by atoms with Gasteiger partial charge in [-0.05, 0) is 50.9 Å². The number of thioether (sulfide) groups is 1. The molecule has 0 bridgehead atoms. The minimum absolute atomic E-state index is 0.0792. The van der Waals surface area contributed by atoms with E-state index in [1.807, 2.05) is 4.90 Å². The van der Waals surface area contributed by atoms with E-state index in [9.17, 15) is 9.59 Å². The van der Waals surface area contributed by atoms with E-state index in [4.69, 9.17) is 4.74 Å². The van der Waals surface area contributed by atoms with Gasteiger partial charge in [-0.3, -0.25) is 10.1 Å². The number of amides is 2. The van der Waals surface area contributed by atoms with Crippen LogP contribution in [-0.4, -0.2) is 52.0 Å². The van der Waals surface area contributed by atoms with Crippen LogP contribution < -0.4 is 5.32 Å². The van der Waals surface area contributed by atoms with Crippen LogP contribution in [0, 0.1) is 11.8 Å². The third-order valence-corrected chi connectivity index (χ3v) is 7.07. The minimum Gasteiger partial charge on any atom is -0.466 e. The predicted octanol–water partition coefficient (Wildman–Crippen LogP) is 5.04. The summed E-state index contributed by atoms with van der Waals surface area (Å²) in [5.41, 5.74) is 0. The van der Waals surface area contributed by atoms with Crippen molar-refractivity contribution in [3.05, 3.63) is 0 Å². The number of carbonyl (C=O) groups excluding carboxylic acids is 2. The standard InChI is InChI=1S/C20H34N4O3S2/c1-5-27-17(25)11-13-28-20-23-22-18(29-20)21-19(26)24(12-10-14(2)3)16-8-6-15(4)7-9-16/h14-16H,5-13H2,1-4H3,(H,21,22,26). The Labute approximate surface area is 182 Å². The Morgan fingerprint density at radius 3 is 2.66 bits per heavy atom. The molecule has 1 aliphatic carbocycles. The summed E-state index contributed by atoms with van der Waals surface area (Å²) in [4.78, 5) is 26.4. The Hall–Kier alpha value is -1.35. The van der Waals surface area contributed by atoms with Gasteiger partial charge in [0.2, 0.25) is 5.13 Å². The smallest absolute Gasteiger partial charge is 0.323 e.